The van der Waals surface area contributed by atoms with Crippen LogP contribution in [0.5, 0.6) is 11.5 Å². The van der Waals surface area contributed by atoms with E-state index in [4.69, 9.17) is 14.2 Å². The third kappa shape index (κ3) is 3.19. The molecule has 1 aliphatic heterocycles. The fourth-order valence-electron chi connectivity index (χ4n) is 4.82. The molecule has 0 bridgehead atoms. The van der Waals surface area contributed by atoms with Crippen LogP contribution in [0.15, 0.2) is 36.4 Å². The van der Waals surface area contributed by atoms with Crippen LogP contribution in [-0.4, -0.2) is 31.8 Å². The van der Waals surface area contributed by atoms with Crippen molar-refractivity contribution in [2.24, 2.45) is 5.92 Å². The van der Waals surface area contributed by atoms with Gasteiger partial charge in [-0.3, -0.25) is 4.79 Å². The number of benzene rings is 2. The van der Waals surface area contributed by atoms with Crippen molar-refractivity contribution in [2.75, 3.05) is 14.2 Å². The number of carbonyl (C=O) groups is 2. The van der Waals surface area contributed by atoms with Gasteiger partial charge in [-0.2, -0.15) is 0 Å². The maximum atomic E-state index is 12.9. The summed E-state index contributed by atoms with van der Waals surface area (Å²) in [6.45, 7) is 7.47. The van der Waals surface area contributed by atoms with E-state index in [-0.39, 0.29) is 11.8 Å². The molecule has 7 heteroatoms. The second kappa shape index (κ2) is 7.18. The molecule has 0 radical (unpaired) electrons. The molecule has 1 aliphatic carbocycles. The van der Waals surface area contributed by atoms with E-state index in [1.807, 2.05) is 58.0 Å². The predicted molar refractivity (Wildman–Crippen MR) is 116 cm³/mol. The molecule has 0 unspecified atom stereocenters. The van der Waals surface area contributed by atoms with Gasteiger partial charge in [-0.05, 0) is 44.0 Å². The molecule has 31 heavy (non-hydrogen) atoms. The first kappa shape index (κ1) is 21.0. The number of nitrogens with one attached hydrogen (secondary N) is 2. The molecule has 2 N–H and O–H groups in total. The smallest absolute Gasteiger partial charge is 0.408 e. The van der Waals surface area contributed by atoms with Crippen LogP contribution < -0.4 is 20.1 Å². The summed E-state index contributed by atoms with van der Waals surface area (Å²) < 4.78 is 16.7. The molecule has 7 nitrogen and oxygen atoms in total. The van der Waals surface area contributed by atoms with E-state index in [2.05, 4.69) is 10.6 Å². The third-order valence-corrected chi connectivity index (χ3v) is 6.07. The van der Waals surface area contributed by atoms with E-state index in [0.717, 1.165) is 16.7 Å². The molecule has 4 rings (SSSR count). The van der Waals surface area contributed by atoms with Gasteiger partial charge in [0.25, 0.3) is 5.91 Å². The van der Waals surface area contributed by atoms with Crippen molar-refractivity contribution < 1.29 is 23.8 Å². The van der Waals surface area contributed by atoms with Gasteiger partial charge in [0.1, 0.15) is 17.1 Å². The van der Waals surface area contributed by atoms with E-state index >= 15 is 0 Å². The number of fused-ring (bicyclic) bond motifs is 4. The summed E-state index contributed by atoms with van der Waals surface area (Å²) in [5, 5.41) is 6.23. The molecular weight excluding hydrogens is 396 g/mol. The summed E-state index contributed by atoms with van der Waals surface area (Å²) >= 11 is 0. The normalized spacial score (nSPS) is 23.7. The van der Waals surface area contributed by atoms with Crippen molar-refractivity contribution in [3.63, 3.8) is 0 Å². The Kier molecular flexibility index (Phi) is 4.87. The maximum absolute atomic E-state index is 12.9. The molecule has 3 atom stereocenters. The Morgan fingerprint density at radius 2 is 1.81 bits per heavy atom. The zero-order valence-electron chi connectivity index (χ0n) is 18.7. The van der Waals surface area contributed by atoms with Gasteiger partial charge in [0.2, 0.25) is 0 Å². The Labute approximate surface area is 182 Å². The molecular formula is C24H28N2O5. The van der Waals surface area contributed by atoms with Crippen LogP contribution in [0.4, 0.5) is 4.79 Å². The van der Waals surface area contributed by atoms with Gasteiger partial charge in [0.05, 0.1) is 25.8 Å². The van der Waals surface area contributed by atoms with E-state index in [0.29, 0.717) is 17.1 Å². The van der Waals surface area contributed by atoms with Gasteiger partial charge in [0.15, 0.2) is 0 Å². The lowest BCUT2D eigenvalue weighted by Gasteiger charge is -2.33. The van der Waals surface area contributed by atoms with Gasteiger partial charge in [-0.25, -0.2) is 4.79 Å². The molecule has 0 saturated heterocycles. The summed E-state index contributed by atoms with van der Waals surface area (Å²) in [5.41, 5.74) is 1.68. The summed E-state index contributed by atoms with van der Waals surface area (Å²) in [6.07, 6.45) is -0.525. The van der Waals surface area contributed by atoms with Crippen molar-refractivity contribution >= 4 is 12.0 Å². The number of carbonyl (C=O) groups excluding carboxylic acids is 2. The standard InChI is InChI=1S/C24H28N2O5/c1-13-20(25-22(28)31-23(2,3)4)19-17(11-14(29-5)12-18(19)30-6)24(13)16-10-8-7-9-15(16)21(27)26-24/h7-13,20H,1-6H3,(H,25,28)(H,26,27)/t13-,20-,24+/m1/s1. The van der Waals surface area contributed by atoms with Crippen LogP contribution >= 0.6 is 0 Å². The summed E-state index contributed by atoms with van der Waals surface area (Å²) in [4.78, 5) is 25.6. The molecule has 1 heterocycles. The van der Waals surface area contributed by atoms with Gasteiger partial charge in [-0.15, -0.1) is 0 Å². The molecule has 0 aromatic heterocycles. The summed E-state index contributed by atoms with van der Waals surface area (Å²) in [6, 6.07) is 10.8. The van der Waals surface area contributed by atoms with E-state index in [9.17, 15) is 9.59 Å². The van der Waals surface area contributed by atoms with Crippen molar-refractivity contribution in [3.8, 4) is 11.5 Å². The minimum atomic E-state index is -0.829. The fourth-order valence-corrected chi connectivity index (χ4v) is 4.82. The fraction of sp³-hybridized carbons (Fsp3) is 0.417. The van der Waals surface area contributed by atoms with E-state index in [1.165, 1.54) is 0 Å². The molecule has 0 fully saturated rings. The number of methoxy groups -OCH3 is 2. The molecule has 1 spiro atoms. The lowest BCUT2D eigenvalue weighted by atomic mass is 9.78. The highest BCUT2D eigenvalue weighted by atomic mass is 16.6. The lowest BCUT2D eigenvalue weighted by molar-refractivity contribution is 0.0481. The highest BCUT2D eigenvalue weighted by Crippen LogP contribution is 2.57. The summed E-state index contributed by atoms with van der Waals surface area (Å²) in [7, 11) is 3.17. The zero-order valence-corrected chi connectivity index (χ0v) is 18.7. The summed E-state index contributed by atoms with van der Waals surface area (Å²) in [5.74, 6) is 0.827. The van der Waals surface area contributed by atoms with Crippen LogP contribution in [0.25, 0.3) is 0 Å². The van der Waals surface area contributed by atoms with Crippen molar-refractivity contribution in [1.82, 2.24) is 10.6 Å². The monoisotopic (exact) mass is 424 g/mol. The molecule has 2 aliphatic rings. The van der Waals surface area contributed by atoms with Gasteiger partial charge in [-0.1, -0.05) is 25.1 Å². The average Bonchev–Trinajstić information content (AvgIpc) is 3.14. The van der Waals surface area contributed by atoms with Crippen LogP contribution in [-0.2, 0) is 10.3 Å². The largest absolute Gasteiger partial charge is 0.497 e. The predicted octanol–water partition coefficient (Wildman–Crippen LogP) is 3.91. The second-order valence-corrected chi connectivity index (χ2v) is 9.01. The SMILES string of the molecule is COc1cc(OC)c2c(c1)[C@]1(NC(=O)c3ccccc31)[C@H](C)[C@H]2NC(=O)OC(C)(C)C. The van der Waals surface area contributed by atoms with E-state index < -0.39 is 23.3 Å². The highest BCUT2D eigenvalue weighted by molar-refractivity contribution is 6.01. The molecule has 0 saturated carbocycles. The van der Waals surface area contributed by atoms with Crippen LogP contribution in [0.2, 0.25) is 0 Å². The third-order valence-electron chi connectivity index (χ3n) is 6.07. The number of ether oxygens (including phenoxy) is 3. The average molecular weight is 424 g/mol. The minimum Gasteiger partial charge on any atom is -0.497 e. The number of hydrogen-bond donors (Lipinski definition) is 2. The first-order valence-corrected chi connectivity index (χ1v) is 10.3. The molecule has 2 amide bonds. The van der Waals surface area contributed by atoms with Crippen molar-refractivity contribution in [3.05, 3.63) is 58.7 Å². The lowest BCUT2D eigenvalue weighted by Crippen LogP contribution is -2.46. The number of alkyl carbamates (subject to hydrolysis) is 1. The van der Waals surface area contributed by atoms with Crippen molar-refractivity contribution in [2.45, 2.75) is 44.9 Å². The van der Waals surface area contributed by atoms with Crippen LogP contribution in [0, 0.1) is 5.92 Å². The van der Waals surface area contributed by atoms with Gasteiger partial charge < -0.3 is 24.8 Å². The number of amides is 2. The van der Waals surface area contributed by atoms with Crippen LogP contribution in [0.3, 0.4) is 0 Å². The Hall–Kier alpha value is -3.22. The number of rotatable bonds is 3. The van der Waals surface area contributed by atoms with Crippen LogP contribution in [0.1, 0.15) is 60.8 Å². The number of hydrogen-bond acceptors (Lipinski definition) is 5. The first-order valence-electron chi connectivity index (χ1n) is 10.3. The molecule has 164 valence electrons. The highest BCUT2D eigenvalue weighted by Gasteiger charge is 2.58. The Bertz CT molecular complexity index is 1060. The Morgan fingerprint density at radius 1 is 1.10 bits per heavy atom. The molecule has 2 aromatic rings. The first-order chi connectivity index (χ1) is 14.6. The minimum absolute atomic E-state index is 0.145. The maximum Gasteiger partial charge on any atom is 0.408 e. The Morgan fingerprint density at radius 3 is 2.45 bits per heavy atom. The second-order valence-electron chi connectivity index (χ2n) is 9.01. The van der Waals surface area contributed by atoms with Crippen molar-refractivity contribution in [1.29, 1.82) is 0 Å². The van der Waals surface area contributed by atoms with Gasteiger partial charge >= 0.3 is 6.09 Å². The Balaban J connectivity index is 1.91. The van der Waals surface area contributed by atoms with E-state index in [1.54, 1.807) is 20.3 Å². The van der Waals surface area contributed by atoms with Gasteiger partial charge in [0, 0.05) is 23.1 Å². The topological polar surface area (TPSA) is 85.9 Å². The zero-order chi connectivity index (χ0) is 22.6. The molecule has 2 aromatic carbocycles. The quantitative estimate of drug-likeness (QED) is 0.780.